The molecule has 1 aromatic rings. The van der Waals surface area contributed by atoms with Crippen molar-refractivity contribution in [3.63, 3.8) is 0 Å². The fourth-order valence-electron chi connectivity index (χ4n) is 3.05. The average molecular weight is 356 g/mol. The average Bonchev–Trinajstić information content (AvgIpc) is 2.91. The molecule has 1 saturated heterocycles. The molecule has 0 saturated carbocycles. The Bertz CT molecular complexity index is 452. The van der Waals surface area contributed by atoms with Gasteiger partial charge in [-0.05, 0) is 56.5 Å². The van der Waals surface area contributed by atoms with Crippen molar-refractivity contribution < 1.29 is 9.47 Å². The Morgan fingerprint density at radius 1 is 1.48 bits per heavy atom. The first-order chi connectivity index (χ1) is 10.2. The molecule has 0 bridgehead atoms. The zero-order chi connectivity index (χ0) is 15.2. The first-order valence-electron chi connectivity index (χ1n) is 7.83. The zero-order valence-corrected chi connectivity index (χ0v) is 14.8. The Morgan fingerprint density at radius 2 is 2.29 bits per heavy atom. The van der Waals surface area contributed by atoms with Crippen LogP contribution in [0.3, 0.4) is 0 Å². The van der Waals surface area contributed by atoms with Gasteiger partial charge in [0.05, 0.1) is 13.2 Å². The van der Waals surface area contributed by atoms with Crippen molar-refractivity contribution >= 4 is 15.9 Å². The minimum atomic E-state index is 0.337. The van der Waals surface area contributed by atoms with E-state index in [2.05, 4.69) is 47.2 Å². The molecule has 3 nitrogen and oxygen atoms in total. The predicted octanol–water partition coefficient (Wildman–Crippen LogP) is 3.79. The van der Waals surface area contributed by atoms with Crippen LogP contribution in [0.15, 0.2) is 22.7 Å². The number of ether oxygens (including phenoxy) is 2. The third kappa shape index (κ3) is 4.44. The Labute approximate surface area is 136 Å². The van der Waals surface area contributed by atoms with Gasteiger partial charge in [0.1, 0.15) is 5.75 Å². The van der Waals surface area contributed by atoms with Gasteiger partial charge in [-0.25, -0.2) is 0 Å². The van der Waals surface area contributed by atoms with E-state index in [1.54, 1.807) is 7.11 Å². The Balaban J connectivity index is 2.13. The van der Waals surface area contributed by atoms with Crippen molar-refractivity contribution in [2.24, 2.45) is 5.92 Å². The molecule has 21 heavy (non-hydrogen) atoms. The van der Waals surface area contributed by atoms with Crippen LogP contribution in [0.1, 0.15) is 32.3 Å². The third-order valence-corrected chi connectivity index (χ3v) is 5.07. The zero-order valence-electron chi connectivity index (χ0n) is 13.2. The third-order valence-electron chi connectivity index (χ3n) is 4.30. The second-order valence-electron chi connectivity index (χ2n) is 5.75. The van der Waals surface area contributed by atoms with Gasteiger partial charge < -0.3 is 14.8 Å². The van der Waals surface area contributed by atoms with E-state index in [0.29, 0.717) is 18.1 Å². The minimum absolute atomic E-state index is 0.337. The lowest BCUT2D eigenvalue weighted by Gasteiger charge is -2.27. The number of halogens is 1. The van der Waals surface area contributed by atoms with E-state index in [4.69, 9.17) is 9.47 Å². The Morgan fingerprint density at radius 3 is 2.90 bits per heavy atom. The fraction of sp³-hybridized carbons (Fsp3) is 0.647. The standard InChI is InChI=1S/C17H26BrNO2/c1-4-8-19-17(15-7-9-21-12(15)2)11-13-10-14(20-3)5-6-16(13)18/h5-6,10,12,15,17,19H,4,7-9,11H2,1-3H3. The molecule has 1 N–H and O–H groups in total. The van der Waals surface area contributed by atoms with Gasteiger partial charge in [-0.1, -0.05) is 22.9 Å². The van der Waals surface area contributed by atoms with E-state index in [0.717, 1.165) is 42.6 Å². The summed E-state index contributed by atoms with van der Waals surface area (Å²) in [5.41, 5.74) is 1.29. The van der Waals surface area contributed by atoms with Crippen molar-refractivity contribution in [3.8, 4) is 5.75 Å². The fourth-order valence-corrected chi connectivity index (χ4v) is 3.46. The molecule has 3 atom stereocenters. The normalized spacial score (nSPS) is 23.2. The highest BCUT2D eigenvalue weighted by Crippen LogP contribution is 2.29. The first-order valence-corrected chi connectivity index (χ1v) is 8.62. The smallest absolute Gasteiger partial charge is 0.119 e. The van der Waals surface area contributed by atoms with Crippen molar-refractivity contribution in [2.75, 3.05) is 20.3 Å². The molecule has 0 radical (unpaired) electrons. The quantitative estimate of drug-likeness (QED) is 0.806. The van der Waals surface area contributed by atoms with Crippen molar-refractivity contribution in [3.05, 3.63) is 28.2 Å². The number of methoxy groups -OCH3 is 1. The van der Waals surface area contributed by atoms with Gasteiger partial charge in [-0.2, -0.15) is 0 Å². The van der Waals surface area contributed by atoms with Crippen LogP contribution in [0, 0.1) is 5.92 Å². The van der Waals surface area contributed by atoms with Crippen LogP contribution >= 0.6 is 15.9 Å². The van der Waals surface area contributed by atoms with E-state index in [1.165, 1.54) is 5.56 Å². The van der Waals surface area contributed by atoms with E-state index in [1.807, 2.05) is 6.07 Å². The molecular weight excluding hydrogens is 330 g/mol. The summed E-state index contributed by atoms with van der Waals surface area (Å²) >= 11 is 3.67. The summed E-state index contributed by atoms with van der Waals surface area (Å²) < 4.78 is 12.3. The number of hydrogen-bond donors (Lipinski definition) is 1. The summed E-state index contributed by atoms with van der Waals surface area (Å²) in [6, 6.07) is 6.64. The highest BCUT2D eigenvalue weighted by molar-refractivity contribution is 9.10. The van der Waals surface area contributed by atoms with Crippen molar-refractivity contribution in [1.82, 2.24) is 5.32 Å². The van der Waals surface area contributed by atoms with E-state index < -0.39 is 0 Å². The summed E-state index contributed by atoms with van der Waals surface area (Å²) in [5.74, 6) is 1.49. The maximum Gasteiger partial charge on any atom is 0.119 e. The molecule has 1 aliphatic heterocycles. The number of benzene rings is 1. The molecule has 4 heteroatoms. The second kappa shape index (κ2) is 8.16. The van der Waals surface area contributed by atoms with Crippen LogP contribution in [0.5, 0.6) is 5.75 Å². The molecule has 0 amide bonds. The van der Waals surface area contributed by atoms with Gasteiger partial charge >= 0.3 is 0 Å². The lowest BCUT2D eigenvalue weighted by atomic mass is 9.88. The van der Waals surface area contributed by atoms with Gasteiger partial charge in [0, 0.05) is 23.0 Å². The lowest BCUT2D eigenvalue weighted by Crippen LogP contribution is -2.41. The minimum Gasteiger partial charge on any atom is -0.497 e. The molecular formula is C17H26BrNO2. The van der Waals surface area contributed by atoms with Gasteiger partial charge in [0.15, 0.2) is 0 Å². The van der Waals surface area contributed by atoms with Crippen LogP contribution < -0.4 is 10.1 Å². The van der Waals surface area contributed by atoms with Crippen LogP contribution in [0.4, 0.5) is 0 Å². The monoisotopic (exact) mass is 355 g/mol. The Kier molecular flexibility index (Phi) is 6.52. The first kappa shape index (κ1) is 16.8. The highest BCUT2D eigenvalue weighted by atomic mass is 79.9. The van der Waals surface area contributed by atoms with E-state index in [9.17, 15) is 0 Å². The molecule has 1 aromatic carbocycles. The molecule has 1 fully saturated rings. The number of rotatable bonds is 7. The van der Waals surface area contributed by atoms with Crippen molar-refractivity contribution in [2.45, 2.75) is 45.3 Å². The SMILES string of the molecule is CCCNC(Cc1cc(OC)ccc1Br)C1CCOC1C. The van der Waals surface area contributed by atoms with Crippen LogP contribution in [-0.4, -0.2) is 32.4 Å². The molecule has 2 rings (SSSR count). The second-order valence-corrected chi connectivity index (χ2v) is 6.60. The highest BCUT2D eigenvalue weighted by Gasteiger charge is 2.31. The predicted molar refractivity (Wildman–Crippen MR) is 90.0 cm³/mol. The van der Waals surface area contributed by atoms with E-state index in [-0.39, 0.29) is 0 Å². The molecule has 0 aliphatic carbocycles. The van der Waals surface area contributed by atoms with Crippen LogP contribution in [-0.2, 0) is 11.2 Å². The summed E-state index contributed by atoms with van der Waals surface area (Å²) in [4.78, 5) is 0. The summed E-state index contributed by atoms with van der Waals surface area (Å²) in [6.07, 6.45) is 3.63. The summed E-state index contributed by atoms with van der Waals surface area (Å²) in [7, 11) is 1.71. The van der Waals surface area contributed by atoms with Crippen LogP contribution in [0.2, 0.25) is 0 Å². The van der Waals surface area contributed by atoms with Gasteiger partial charge in [-0.15, -0.1) is 0 Å². The van der Waals surface area contributed by atoms with Crippen molar-refractivity contribution in [1.29, 1.82) is 0 Å². The molecule has 3 unspecified atom stereocenters. The van der Waals surface area contributed by atoms with Gasteiger partial charge in [0.25, 0.3) is 0 Å². The molecule has 1 heterocycles. The molecule has 0 aromatic heterocycles. The largest absolute Gasteiger partial charge is 0.497 e. The molecule has 0 spiro atoms. The van der Waals surface area contributed by atoms with Crippen LogP contribution in [0.25, 0.3) is 0 Å². The summed E-state index contributed by atoms with van der Waals surface area (Å²) in [5, 5.41) is 3.71. The maximum atomic E-state index is 5.76. The topological polar surface area (TPSA) is 30.5 Å². The lowest BCUT2D eigenvalue weighted by molar-refractivity contribution is 0.0953. The molecule has 1 aliphatic rings. The van der Waals surface area contributed by atoms with Gasteiger partial charge in [0.2, 0.25) is 0 Å². The number of nitrogens with one attached hydrogen (secondary N) is 1. The number of hydrogen-bond acceptors (Lipinski definition) is 3. The molecule has 118 valence electrons. The van der Waals surface area contributed by atoms with E-state index >= 15 is 0 Å². The van der Waals surface area contributed by atoms with Gasteiger partial charge in [-0.3, -0.25) is 0 Å². The Hall–Kier alpha value is -0.580. The maximum absolute atomic E-state index is 5.76. The summed E-state index contributed by atoms with van der Waals surface area (Å²) in [6.45, 7) is 6.34.